The van der Waals surface area contributed by atoms with Crippen LogP contribution in [0, 0.1) is 0 Å². The molecule has 1 heterocycles. The Labute approximate surface area is 172 Å². The fourth-order valence-corrected chi connectivity index (χ4v) is 3.85. The molecule has 0 atom stereocenters. The van der Waals surface area contributed by atoms with E-state index in [0.717, 1.165) is 28.0 Å². The molecule has 0 spiro atoms. The van der Waals surface area contributed by atoms with Gasteiger partial charge in [0.2, 0.25) is 0 Å². The van der Waals surface area contributed by atoms with Crippen molar-refractivity contribution in [3.8, 4) is 0 Å². The summed E-state index contributed by atoms with van der Waals surface area (Å²) in [4.78, 5) is 5.28. The number of anilines is 2. The molecule has 3 aromatic rings. The average molecular weight is 441 g/mol. The van der Waals surface area contributed by atoms with Crippen molar-refractivity contribution < 1.29 is 0 Å². The van der Waals surface area contributed by atoms with Crippen molar-refractivity contribution >= 4 is 39.3 Å². The van der Waals surface area contributed by atoms with E-state index in [9.17, 15) is 0 Å². The summed E-state index contributed by atoms with van der Waals surface area (Å²) in [7, 11) is 0. The Morgan fingerprint density at radius 1 is 1.07 bits per heavy atom. The maximum atomic E-state index is 4.11. The van der Waals surface area contributed by atoms with Gasteiger partial charge in [0, 0.05) is 46.2 Å². The molecule has 4 nitrogen and oxygen atoms in total. The van der Waals surface area contributed by atoms with Crippen molar-refractivity contribution in [3.05, 3.63) is 95.7 Å². The van der Waals surface area contributed by atoms with Crippen LogP contribution in [-0.2, 0) is 6.54 Å². The maximum Gasteiger partial charge on any atom is 0.0489 e. The Hall–Kier alpha value is -2.28. The second-order valence-electron chi connectivity index (χ2n) is 5.76. The second kappa shape index (κ2) is 10.2. The zero-order chi connectivity index (χ0) is 18.9. The van der Waals surface area contributed by atoms with Gasteiger partial charge in [-0.2, -0.15) is 0 Å². The van der Waals surface area contributed by atoms with Gasteiger partial charge in [-0.05, 0) is 75.9 Å². The smallest absolute Gasteiger partial charge is 0.0489 e. The number of hydrazine groups is 1. The highest BCUT2D eigenvalue weighted by Crippen LogP contribution is 2.33. The van der Waals surface area contributed by atoms with E-state index in [2.05, 4.69) is 79.0 Å². The van der Waals surface area contributed by atoms with Crippen molar-refractivity contribution in [1.82, 2.24) is 10.4 Å². The molecule has 0 unspecified atom stereocenters. The molecule has 0 bridgehead atoms. The van der Waals surface area contributed by atoms with Gasteiger partial charge in [0.25, 0.3) is 0 Å². The van der Waals surface area contributed by atoms with Crippen LogP contribution >= 0.6 is 27.9 Å². The highest BCUT2D eigenvalue weighted by molar-refractivity contribution is 9.10. The molecule has 0 saturated heterocycles. The lowest BCUT2D eigenvalue weighted by atomic mass is 10.3. The van der Waals surface area contributed by atoms with Crippen molar-refractivity contribution in [2.75, 3.05) is 16.3 Å². The van der Waals surface area contributed by atoms with E-state index in [-0.39, 0.29) is 0 Å². The minimum absolute atomic E-state index is 0.704. The molecule has 2 N–H and O–H groups in total. The molecule has 3 rings (SSSR count). The number of aromatic nitrogens is 1. The first-order valence-electron chi connectivity index (χ1n) is 8.55. The van der Waals surface area contributed by atoms with Gasteiger partial charge in [0.05, 0.1) is 0 Å². The van der Waals surface area contributed by atoms with Crippen LogP contribution in [0.4, 0.5) is 11.4 Å². The lowest BCUT2D eigenvalue weighted by Gasteiger charge is -2.22. The number of hydrogen-bond donors (Lipinski definition) is 2. The van der Waals surface area contributed by atoms with Crippen LogP contribution in [0.15, 0.2) is 95.1 Å². The first-order chi connectivity index (χ1) is 13.3. The summed E-state index contributed by atoms with van der Waals surface area (Å²) in [5.41, 5.74) is 9.68. The molecule has 138 valence electrons. The van der Waals surface area contributed by atoms with E-state index in [1.54, 1.807) is 18.1 Å². The van der Waals surface area contributed by atoms with Crippen LogP contribution in [0.5, 0.6) is 0 Å². The molecule has 0 aliphatic heterocycles. The fourth-order valence-electron chi connectivity index (χ4n) is 2.41. The van der Waals surface area contributed by atoms with Crippen LogP contribution in [0.3, 0.4) is 0 Å². The summed E-state index contributed by atoms with van der Waals surface area (Å²) < 4.78 is 3.29. The molecule has 0 radical (unpaired) electrons. The first-order valence-corrected chi connectivity index (χ1v) is 10.1. The van der Waals surface area contributed by atoms with E-state index in [1.165, 1.54) is 4.90 Å². The molecular weight excluding hydrogens is 420 g/mol. The summed E-state index contributed by atoms with van der Waals surface area (Å²) in [5.74, 6) is 0. The SMILES string of the molecule is C=CCN(Sc1ccccc1Br)c1ccc(NNCc2cccnc2)cc1. The number of hydrogen-bond acceptors (Lipinski definition) is 5. The van der Waals surface area contributed by atoms with E-state index < -0.39 is 0 Å². The third kappa shape index (κ3) is 5.85. The molecule has 0 fully saturated rings. The Morgan fingerprint density at radius 2 is 1.89 bits per heavy atom. The summed E-state index contributed by atoms with van der Waals surface area (Å²) in [6.07, 6.45) is 5.53. The van der Waals surface area contributed by atoms with Crippen LogP contribution in [-0.4, -0.2) is 11.5 Å². The molecule has 1 aromatic heterocycles. The van der Waals surface area contributed by atoms with Crippen LogP contribution in [0.2, 0.25) is 0 Å². The van der Waals surface area contributed by atoms with Gasteiger partial charge < -0.3 is 9.73 Å². The zero-order valence-electron chi connectivity index (χ0n) is 14.8. The predicted molar refractivity (Wildman–Crippen MR) is 119 cm³/mol. The summed E-state index contributed by atoms with van der Waals surface area (Å²) in [6.45, 7) is 5.34. The number of rotatable bonds is 9. The zero-order valence-corrected chi connectivity index (χ0v) is 17.2. The average Bonchev–Trinajstić information content (AvgIpc) is 2.71. The quantitative estimate of drug-likeness (QED) is 0.255. The van der Waals surface area contributed by atoms with Gasteiger partial charge in [-0.3, -0.25) is 4.98 Å². The molecule has 0 amide bonds. The Kier molecular flexibility index (Phi) is 7.33. The van der Waals surface area contributed by atoms with Gasteiger partial charge in [-0.15, -0.1) is 6.58 Å². The van der Waals surface area contributed by atoms with Crippen molar-refractivity contribution in [3.63, 3.8) is 0 Å². The number of halogens is 1. The monoisotopic (exact) mass is 440 g/mol. The molecule has 0 saturated carbocycles. The van der Waals surface area contributed by atoms with E-state index in [4.69, 9.17) is 0 Å². The lowest BCUT2D eigenvalue weighted by Crippen LogP contribution is -2.21. The van der Waals surface area contributed by atoms with Gasteiger partial charge in [-0.1, -0.05) is 24.3 Å². The maximum absolute atomic E-state index is 4.11. The summed E-state index contributed by atoms with van der Waals surface area (Å²) in [5, 5.41) is 0. The number of pyridine rings is 1. The standard InChI is InChI=1S/C21H21BrN4S/c1-2-14-26(27-21-8-4-3-7-20(21)22)19-11-9-18(10-12-19)25-24-16-17-6-5-13-23-15-17/h2-13,15,24-25H,1,14,16H2. The van der Waals surface area contributed by atoms with Gasteiger partial charge >= 0.3 is 0 Å². The molecule has 0 aliphatic carbocycles. The Morgan fingerprint density at radius 3 is 2.59 bits per heavy atom. The molecule has 6 heteroatoms. The first kappa shape index (κ1) is 19.5. The van der Waals surface area contributed by atoms with Crippen molar-refractivity contribution in [1.29, 1.82) is 0 Å². The molecule has 0 aliphatic rings. The van der Waals surface area contributed by atoms with Crippen molar-refractivity contribution in [2.24, 2.45) is 0 Å². The third-order valence-corrected chi connectivity index (χ3v) is 5.83. The summed E-state index contributed by atoms with van der Waals surface area (Å²) >= 11 is 5.30. The van der Waals surface area contributed by atoms with Crippen LogP contribution in [0.1, 0.15) is 5.56 Å². The van der Waals surface area contributed by atoms with E-state index >= 15 is 0 Å². The van der Waals surface area contributed by atoms with Gasteiger partial charge in [-0.25, -0.2) is 5.43 Å². The predicted octanol–water partition coefficient (Wildman–Crippen LogP) is 5.66. The lowest BCUT2D eigenvalue weighted by molar-refractivity contribution is 0.797. The summed E-state index contributed by atoms with van der Waals surface area (Å²) in [6, 6.07) is 20.5. The second-order valence-corrected chi connectivity index (χ2v) is 7.68. The highest BCUT2D eigenvalue weighted by Gasteiger charge is 2.09. The highest BCUT2D eigenvalue weighted by atomic mass is 79.9. The number of nitrogens with zero attached hydrogens (tertiary/aromatic N) is 2. The minimum Gasteiger partial charge on any atom is -0.321 e. The topological polar surface area (TPSA) is 40.2 Å². The Bertz CT molecular complexity index is 856. The number of benzene rings is 2. The Balaban J connectivity index is 1.61. The number of nitrogens with one attached hydrogen (secondary N) is 2. The van der Waals surface area contributed by atoms with Gasteiger partial charge in [0.15, 0.2) is 0 Å². The van der Waals surface area contributed by atoms with Crippen LogP contribution in [0.25, 0.3) is 0 Å². The van der Waals surface area contributed by atoms with Gasteiger partial charge in [0.1, 0.15) is 0 Å². The fraction of sp³-hybridized carbons (Fsp3) is 0.0952. The van der Waals surface area contributed by atoms with Crippen molar-refractivity contribution in [2.45, 2.75) is 11.4 Å². The normalized spacial score (nSPS) is 10.4. The minimum atomic E-state index is 0.704. The van der Waals surface area contributed by atoms with Crippen LogP contribution < -0.4 is 15.2 Å². The molecular formula is C21H21BrN4S. The molecule has 2 aromatic carbocycles. The van der Waals surface area contributed by atoms with E-state index in [0.29, 0.717) is 6.54 Å². The molecule has 27 heavy (non-hydrogen) atoms. The third-order valence-electron chi connectivity index (χ3n) is 3.74. The largest absolute Gasteiger partial charge is 0.321 e. The van der Waals surface area contributed by atoms with E-state index in [1.807, 2.05) is 36.5 Å².